The first-order chi connectivity index (χ1) is 9.52. The van der Waals surface area contributed by atoms with Crippen molar-refractivity contribution in [2.24, 2.45) is 7.05 Å². The van der Waals surface area contributed by atoms with E-state index >= 15 is 0 Å². The van der Waals surface area contributed by atoms with Crippen molar-refractivity contribution in [2.75, 3.05) is 12.3 Å². The molecule has 0 saturated heterocycles. The van der Waals surface area contributed by atoms with Gasteiger partial charge in [0.15, 0.2) is 5.16 Å². The van der Waals surface area contributed by atoms with Crippen molar-refractivity contribution in [1.29, 1.82) is 0 Å². The number of aromatic nitrogens is 3. The Labute approximate surface area is 118 Å². The van der Waals surface area contributed by atoms with Crippen LogP contribution in [0.3, 0.4) is 0 Å². The smallest absolute Gasteiger partial charge is 0.339 e. The van der Waals surface area contributed by atoms with Gasteiger partial charge in [-0.05, 0) is 30.8 Å². The van der Waals surface area contributed by atoms with E-state index in [0.717, 1.165) is 0 Å². The third-order valence-corrected chi connectivity index (χ3v) is 3.60. The molecule has 7 nitrogen and oxygen atoms in total. The monoisotopic (exact) mass is 294 g/mol. The van der Waals surface area contributed by atoms with Gasteiger partial charge in [-0.2, -0.15) is 4.98 Å². The fraction of sp³-hybridized carbons (Fsp3) is 0.250. The molecule has 0 aliphatic rings. The number of anilines is 1. The predicted octanol–water partition coefficient (Wildman–Crippen LogP) is 0.601. The molecule has 0 bridgehead atoms. The van der Waals surface area contributed by atoms with Gasteiger partial charge in [-0.15, -0.1) is 0 Å². The van der Waals surface area contributed by atoms with E-state index < -0.39 is 11.1 Å². The summed E-state index contributed by atoms with van der Waals surface area (Å²) in [5.41, 5.74) is 4.89. The molecule has 1 heterocycles. The van der Waals surface area contributed by atoms with E-state index in [2.05, 4.69) is 10.1 Å². The Morgan fingerprint density at radius 3 is 2.90 bits per heavy atom. The number of nitrogens with one attached hydrogen (secondary N) is 1. The summed E-state index contributed by atoms with van der Waals surface area (Å²) in [5, 5.41) is 2.72. The molecule has 0 unspecified atom stereocenters. The number of rotatable bonds is 4. The predicted molar refractivity (Wildman–Crippen MR) is 76.2 cm³/mol. The van der Waals surface area contributed by atoms with E-state index in [1.54, 1.807) is 25.2 Å². The quantitative estimate of drug-likeness (QED) is 0.632. The van der Waals surface area contributed by atoms with E-state index in [1.807, 2.05) is 6.92 Å². The van der Waals surface area contributed by atoms with Crippen LogP contribution in [0.1, 0.15) is 6.92 Å². The fourth-order valence-corrected chi connectivity index (χ4v) is 2.41. The molecule has 106 valence electrons. The summed E-state index contributed by atoms with van der Waals surface area (Å²) in [5.74, 6) is 0.576. The van der Waals surface area contributed by atoms with Crippen molar-refractivity contribution >= 4 is 17.4 Å². The topological polar surface area (TPSA) is 103 Å². The van der Waals surface area contributed by atoms with Gasteiger partial charge in [0.05, 0.1) is 12.3 Å². The summed E-state index contributed by atoms with van der Waals surface area (Å²) in [6.07, 6.45) is 0. The van der Waals surface area contributed by atoms with Crippen LogP contribution in [-0.2, 0) is 7.05 Å². The molecule has 2 aromatic rings. The van der Waals surface area contributed by atoms with E-state index in [9.17, 15) is 9.59 Å². The van der Waals surface area contributed by atoms with Crippen LogP contribution in [0.2, 0.25) is 0 Å². The number of aromatic amines is 1. The molecule has 20 heavy (non-hydrogen) atoms. The van der Waals surface area contributed by atoms with Crippen molar-refractivity contribution in [3.63, 3.8) is 0 Å². The van der Waals surface area contributed by atoms with Crippen molar-refractivity contribution in [3.05, 3.63) is 38.9 Å². The summed E-state index contributed by atoms with van der Waals surface area (Å²) in [4.78, 5) is 26.9. The second kappa shape index (κ2) is 5.83. The van der Waals surface area contributed by atoms with Crippen LogP contribution >= 0.6 is 11.8 Å². The Kier molecular flexibility index (Phi) is 4.14. The molecule has 0 aliphatic carbocycles. The molecule has 0 aliphatic heterocycles. The van der Waals surface area contributed by atoms with Gasteiger partial charge >= 0.3 is 11.1 Å². The van der Waals surface area contributed by atoms with E-state index in [1.165, 1.54) is 16.4 Å². The maximum absolute atomic E-state index is 11.3. The largest absolute Gasteiger partial charge is 0.492 e. The summed E-state index contributed by atoms with van der Waals surface area (Å²) < 4.78 is 6.78. The summed E-state index contributed by atoms with van der Waals surface area (Å²) in [6, 6.07) is 5.36. The highest BCUT2D eigenvalue weighted by Crippen LogP contribution is 2.35. The van der Waals surface area contributed by atoms with E-state index in [-0.39, 0.29) is 0 Å². The Bertz CT molecular complexity index is 738. The number of ether oxygens (including phenoxy) is 1. The first-order valence-electron chi connectivity index (χ1n) is 5.89. The van der Waals surface area contributed by atoms with Gasteiger partial charge in [0.25, 0.3) is 0 Å². The molecule has 0 amide bonds. The molecule has 1 aromatic heterocycles. The molecule has 0 saturated carbocycles. The average molecular weight is 294 g/mol. The molecule has 0 spiro atoms. The molecule has 0 radical (unpaired) electrons. The molecule has 8 heteroatoms. The lowest BCUT2D eigenvalue weighted by molar-refractivity contribution is 0.341. The first kappa shape index (κ1) is 14.2. The number of hydrogen-bond donors (Lipinski definition) is 2. The second-order valence-electron chi connectivity index (χ2n) is 3.90. The lowest BCUT2D eigenvalue weighted by atomic mass is 10.3. The summed E-state index contributed by atoms with van der Waals surface area (Å²) in [7, 11) is 1.60. The Hall–Kier alpha value is -2.22. The zero-order valence-electron chi connectivity index (χ0n) is 11.0. The Morgan fingerprint density at radius 2 is 2.20 bits per heavy atom. The highest BCUT2D eigenvalue weighted by molar-refractivity contribution is 7.99. The van der Waals surface area contributed by atoms with Gasteiger partial charge in [-0.3, -0.25) is 19.4 Å². The van der Waals surface area contributed by atoms with Crippen molar-refractivity contribution in [3.8, 4) is 5.75 Å². The van der Waals surface area contributed by atoms with Gasteiger partial charge in [0.1, 0.15) is 5.75 Å². The SMILES string of the molecule is CCOc1cccc(Sc2nc(=O)c(=O)[nH]n2C)c1N. The first-order valence-corrected chi connectivity index (χ1v) is 6.71. The maximum atomic E-state index is 11.3. The van der Waals surface area contributed by atoms with Gasteiger partial charge in [0.2, 0.25) is 0 Å². The van der Waals surface area contributed by atoms with Crippen LogP contribution in [0.4, 0.5) is 5.69 Å². The molecule has 0 atom stereocenters. The molecule has 2 rings (SSSR count). The average Bonchev–Trinajstić information content (AvgIpc) is 2.40. The molecule has 1 aromatic carbocycles. The van der Waals surface area contributed by atoms with Gasteiger partial charge in [-0.25, -0.2) is 0 Å². The number of nitrogen functional groups attached to an aromatic ring is 1. The number of H-pyrrole nitrogens is 1. The second-order valence-corrected chi connectivity index (χ2v) is 4.91. The van der Waals surface area contributed by atoms with Crippen LogP contribution in [0.25, 0.3) is 0 Å². The summed E-state index contributed by atoms with van der Waals surface area (Å²) in [6.45, 7) is 2.38. The van der Waals surface area contributed by atoms with Crippen molar-refractivity contribution < 1.29 is 4.74 Å². The standard InChI is InChI=1S/C12H14N4O3S/c1-3-19-7-5-4-6-8(9(7)13)20-12-14-10(17)11(18)15-16(12)2/h4-6H,3,13H2,1-2H3,(H,15,18). The fourth-order valence-electron chi connectivity index (χ4n) is 1.54. The third kappa shape index (κ3) is 2.85. The minimum absolute atomic E-state index is 0.343. The lowest BCUT2D eigenvalue weighted by Gasteiger charge is -2.11. The number of nitrogens with zero attached hydrogens (tertiary/aromatic N) is 2. The zero-order chi connectivity index (χ0) is 14.7. The minimum atomic E-state index is -0.829. The van der Waals surface area contributed by atoms with Crippen molar-refractivity contribution in [1.82, 2.24) is 14.8 Å². The van der Waals surface area contributed by atoms with Gasteiger partial charge < -0.3 is 10.5 Å². The number of nitrogens with two attached hydrogens (primary N) is 1. The number of benzene rings is 1. The van der Waals surface area contributed by atoms with Crippen LogP contribution in [-0.4, -0.2) is 21.4 Å². The van der Waals surface area contributed by atoms with Crippen LogP contribution in [0.5, 0.6) is 5.75 Å². The number of para-hydroxylation sites is 1. The van der Waals surface area contributed by atoms with Crippen molar-refractivity contribution in [2.45, 2.75) is 17.0 Å². The normalized spacial score (nSPS) is 10.5. The van der Waals surface area contributed by atoms with Crippen LogP contribution in [0, 0.1) is 0 Å². The zero-order valence-corrected chi connectivity index (χ0v) is 11.9. The lowest BCUT2D eigenvalue weighted by Crippen LogP contribution is -2.33. The molecule has 3 N–H and O–H groups in total. The molecule has 0 fully saturated rings. The van der Waals surface area contributed by atoms with E-state index in [4.69, 9.17) is 10.5 Å². The van der Waals surface area contributed by atoms with Gasteiger partial charge in [0, 0.05) is 11.9 Å². The molecular weight excluding hydrogens is 280 g/mol. The Balaban J connectivity index is 2.40. The molecular formula is C12H14N4O3S. The number of aryl methyl sites for hydroxylation is 1. The maximum Gasteiger partial charge on any atom is 0.339 e. The van der Waals surface area contributed by atoms with Crippen LogP contribution < -0.4 is 21.6 Å². The van der Waals surface area contributed by atoms with E-state index in [0.29, 0.717) is 28.1 Å². The third-order valence-electron chi connectivity index (χ3n) is 2.47. The van der Waals surface area contributed by atoms with Gasteiger partial charge in [-0.1, -0.05) is 6.07 Å². The highest BCUT2D eigenvalue weighted by Gasteiger charge is 2.11. The van der Waals surface area contributed by atoms with Crippen LogP contribution in [0.15, 0.2) is 37.8 Å². The Morgan fingerprint density at radius 1 is 1.45 bits per heavy atom. The minimum Gasteiger partial charge on any atom is -0.492 e. The summed E-state index contributed by atoms with van der Waals surface area (Å²) >= 11 is 1.18. The number of hydrogen-bond acceptors (Lipinski definition) is 6. The highest BCUT2D eigenvalue weighted by atomic mass is 32.2.